The Balaban J connectivity index is 1.51. The molecule has 0 aliphatic heterocycles. The van der Waals surface area contributed by atoms with Gasteiger partial charge in [0.2, 0.25) is 5.91 Å². The van der Waals surface area contributed by atoms with E-state index < -0.39 is 0 Å². The molecule has 23 heavy (non-hydrogen) atoms. The number of carbonyl (C=O) groups excluding carboxylic acids is 1. The minimum atomic E-state index is -0.00123. The second-order valence-corrected chi connectivity index (χ2v) is 5.49. The van der Waals surface area contributed by atoms with Crippen molar-refractivity contribution < 1.29 is 9.53 Å². The minimum Gasteiger partial charge on any atom is -0.493 e. The molecule has 0 atom stereocenters. The largest absolute Gasteiger partial charge is 0.493 e. The van der Waals surface area contributed by atoms with Crippen molar-refractivity contribution in [2.45, 2.75) is 12.8 Å². The second kappa shape index (κ2) is 9.74. The van der Waals surface area contributed by atoms with Crippen molar-refractivity contribution in [2.24, 2.45) is 0 Å². The van der Waals surface area contributed by atoms with Gasteiger partial charge in [-0.1, -0.05) is 29.8 Å². The molecule has 0 unspecified atom stereocenters. The van der Waals surface area contributed by atoms with Crippen LogP contribution in [0.4, 0.5) is 5.69 Å². The zero-order chi connectivity index (χ0) is 16.3. The molecule has 0 saturated heterocycles. The monoisotopic (exact) mass is 332 g/mol. The predicted octanol–water partition coefficient (Wildman–Crippen LogP) is 3.73. The summed E-state index contributed by atoms with van der Waals surface area (Å²) in [7, 11) is 0. The van der Waals surface area contributed by atoms with Crippen LogP contribution in [0.5, 0.6) is 5.75 Å². The number of rotatable bonds is 9. The van der Waals surface area contributed by atoms with Crippen LogP contribution in [0.15, 0.2) is 54.6 Å². The third kappa shape index (κ3) is 7.06. The van der Waals surface area contributed by atoms with E-state index in [9.17, 15) is 4.79 Å². The van der Waals surface area contributed by atoms with Gasteiger partial charge in [-0.25, -0.2) is 0 Å². The Hall–Kier alpha value is -2.20. The molecule has 0 aliphatic rings. The number of hydrogen-bond donors (Lipinski definition) is 2. The van der Waals surface area contributed by atoms with Crippen LogP contribution in [-0.4, -0.2) is 25.6 Å². The molecule has 2 rings (SSSR count). The quantitative estimate of drug-likeness (QED) is 0.688. The van der Waals surface area contributed by atoms with Crippen molar-refractivity contribution in [1.29, 1.82) is 0 Å². The molecule has 122 valence electrons. The first kappa shape index (κ1) is 17.2. The van der Waals surface area contributed by atoms with E-state index in [1.54, 1.807) is 24.3 Å². The molecule has 0 fully saturated rings. The van der Waals surface area contributed by atoms with Crippen molar-refractivity contribution in [2.75, 3.05) is 25.0 Å². The van der Waals surface area contributed by atoms with Crippen LogP contribution < -0.4 is 15.4 Å². The number of anilines is 1. The topological polar surface area (TPSA) is 50.4 Å². The highest BCUT2D eigenvalue weighted by molar-refractivity contribution is 6.30. The van der Waals surface area contributed by atoms with E-state index in [1.807, 2.05) is 30.3 Å². The fourth-order valence-electron chi connectivity index (χ4n) is 1.99. The number of benzene rings is 2. The van der Waals surface area contributed by atoms with Crippen LogP contribution in [0.2, 0.25) is 5.02 Å². The summed E-state index contributed by atoms with van der Waals surface area (Å²) in [4.78, 5) is 11.7. The van der Waals surface area contributed by atoms with Gasteiger partial charge >= 0.3 is 0 Å². The van der Waals surface area contributed by atoms with Crippen LogP contribution in [0.1, 0.15) is 12.8 Å². The smallest absolute Gasteiger partial charge is 0.223 e. The summed E-state index contributed by atoms with van der Waals surface area (Å²) in [6, 6.07) is 17.1. The highest BCUT2D eigenvalue weighted by atomic mass is 35.5. The third-order valence-electron chi connectivity index (χ3n) is 3.19. The lowest BCUT2D eigenvalue weighted by atomic mass is 10.3. The van der Waals surface area contributed by atoms with Crippen LogP contribution in [0.25, 0.3) is 0 Å². The lowest BCUT2D eigenvalue weighted by Crippen LogP contribution is -2.27. The molecule has 0 aliphatic carbocycles. The highest BCUT2D eigenvalue weighted by Gasteiger charge is 2.01. The van der Waals surface area contributed by atoms with Gasteiger partial charge in [0.1, 0.15) is 5.75 Å². The lowest BCUT2D eigenvalue weighted by molar-refractivity contribution is -0.121. The van der Waals surface area contributed by atoms with E-state index in [4.69, 9.17) is 16.3 Å². The van der Waals surface area contributed by atoms with Gasteiger partial charge in [0.05, 0.1) is 13.0 Å². The zero-order valence-corrected chi connectivity index (χ0v) is 13.7. The summed E-state index contributed by atoms with van der Waals surface area (Å²) in [6.45, 7) is 1.83. The molecule has 0 spiro atoms. The van der Waals surface area contributed by atoms with Gasteiger partial charge in [0.25, 0.3) is 0 Å². The van der Waals surface area contributed by atoms with Crippen molar-refractivity contribution in [3.63, 3.8) is 0 Å². The maximum Gasteiger partial charge on any atom is 0.223 e. The summed E-state index contributed by atoms with van der Waals surface area (Å²) < 4.78 is 5.49. The van der Waals surface area contributed by atoms with Crippen LogP contribution in [0, 0.1) is 0 Å². The summed E-state index contributed by atoms with van der Waals surface area (Å²) in [6.07, 6.45) is 1.22. The van der Waals surface area contributed by atoms with Gasteiger partial charge in [-0.15, -0.1) is 0 Å². The zero-order valence-electron chi connectivity index (χ0n) is 12.9. The lowest BCUT2D eigenvalue weighted by Gasteiger charge is -2.08. The number of hydrogen-bond acceptors (Lipinski definition) is 3. The molecule has 0 radical (unpaired) electrons. The first-order valence-corrected chi connectivity index (χ1v) is 8.06. The molecule has 2 aromatic rings. The average molecular weight is 333 g/mol. The van der Waals surface area contributed by atoms with Crippen molar-refractivity contribution in [1.82, 2.24) is 5.32 Å². The predicted molar refractivity (Wildman–Crippen MR) is 94.1 cm³/mol. The highest BCUT2D eigenvalue weighted by Crippen LogP contribution is 2.15. The summed E-state index contributed by atoms with van der Waals surface area (Å²) in [5.41, 5.74) is 1.09. The van der Waals surface area contributed by atoms with E-state index in [2.05, 4.69) is 10.6 Å². The van der Waals surface area contributed by atoms with Crippen molar-refractivity contribution in [3.05, 3.63) is 59.6 Å². The molecule has 1 amide bonds. The number of para-hydroxylation sites is 1. The third-order valence-corrected chi connectivity index (χ3v) is 3.44. The number of carbonyl (C=O) groups is 1. The molecular formula is C18H21ClN2O2. The van der Waals surface area contributed by atoms with Crippen molar-refractivity contribution >= 4 is 23.2 Å². The number of halogens is 1. The Morgan fingerprint density at radius 1 is 1.00 bits per heavy atom. The van der Waals surface area contributed by atoms with Crippen molar-refractivity contribution in [3.8, 4) is 5.75 Å². The Morgan fingerprint density at radius 2 is 1.74 bits per heavy atom. The molecule has 0 aromatic heterocycles. The molecule has 0 bridgehead atoms. The maximum absolute atomic E-state index is 11.7. The van der Waals surface area contributed by atoms with E-state index in [1.165, 1.54) is 0 Å². The Bertz CT molecular complexity index is 588. The number of amides is 1. The Labute approximate surface area is 141 Å². The maximum atomic E-state index is 11.7. The Morgan fingerprint density at radius 3 is 2.48 bits per heavy atom. The summed E-state index contributed by atoms with van der Waals surface area (Å²) in [5.74, 6) is 0.716. The van der Waals surface area contributed by atoms with Gasteiger partial charge in [-0.3, -0.25) is 4.79 Å². The van der Waals surface area contributed by atoms with Gasteiger partial charge in [-0.2, -0.15) is 0 Å². The fraction of sp³-hybridized carbons (Fsp3) is 0.278. The number of nitrogens with one attached hydrogen (secondary N) is 2. The van der Waals surface area contributed by atoms with Crippen LogP contribution in [0.3, 0.4) is 0 Å². The average Bonchev–Trinajstić information content (AvgIpc) is 2.57. The molecular weight excluding hydrogens is 312 g/mol. The van der Waals surface area contributed by atoms with Crippen LogP contribution >= 0.6 is 11.6 Å². The van der Waals surface area contributed by atoms with Gasteiger partial charge < -0.3 is 15.4 Å². The molecule has 2 N–H and O–H groups in total. The van der Waals surface area contributed by atoms with Gasteiger partial charge in [0.15, 0.2) is 0 Å². The molecule has 2 aromatic carbocycles. The first-order valence-electron chi connectivity index (χ1n) is 7.68. The molecule has 5 heteroatoms. The van der Waals surface area contributed by atoms with E-state index in [-0.39, 0.29) is 5.91 Å². The number of ether oxygens (including phenoxy) is 1. The second-order valence-electron chi connectivity index (χ2n) is 5.05. The molecule has 0 saturated carbocycles. The summed E-state index contributed by atoms with van der Waals surface area (Å²) >= 11 is 5.79. The van der Waals surface area contributed by atoms with E-state index in [0.29, 0.717) is 30.3 Å². The van der Waals surface area contributed by atoms with Crippen LogP contribution in [-0.2, 0) is 4.79 Å². The first-order chi connectivity index (χ1) is 11.2. The van der Waals surface area contributed by atoms with E-state index >= 15 is 0 Å². The minimum absolute atomic E-state index is 0.00123. The molecule has 4 nitrogen and oxygen atoms in total. The Kier molecular flexibility index (Phi) is 7.27. The van der Waals surface area contributed by atoms with Gasteiger partial charge in [-0.05, 0) is 42.8 Å². The fourth-order valence-corrected chi connectivity index (χ4v) is 2.11. The molecule has 0 heterocycles. The van der Waals surface area contributed by atoms with E-state index in [0.717, 1.165) is 18.7 Å². The SMILES string of the molecule is O=C(CCOc1ccc(Cl)cc1)NCCCNc1ccccc1. The summed E-state index contributed by atoms with van der Waals surface area (Å²) in [5, 5.41) is 6.85. The van der Waals surface area contributed by atoms with Gasteiger partial charge in [0, 0.05) is 23.8 Å². The standard InChI is InChI=1S/C18H21ClN2O2/c19-15-7-9-17(10-8-15)23-14-11-18(22)21-13-4-12-20-16-5-2-1-3-6-16/h1-3,5-10,20H,4,11-14H2,(H,21,22). The normalized spacial score (nSPS) is 10.1.